The molecule has 0 spiro atoms. The molecule has 10 nitrogen and oxygen atoms in total. The van der Waals surface area contributed by atoms with Crippen LogP contribution in [0.3, 0.4) is 0 Å². The summed E-state index contributed by atoms with van der Waals surface area (Å²) in [5.74, 6) is 1.18. The fraction of sp³-hybridized carbons (Fsp3) is 0.483. The van der Waals surface area contributed by atoms with Crippen LogP contribution in [0.15, 0.2) is 30.5 Å². The molecule has 0 aliphatic carbocycles. The Hall–Kier alpha value is -3.53. The van der Waals surface area contributed by atoms with Gasteiger partial charge in [-0.2, -0.15) is 10.4 Å². The summed E-state index contributed by atoms with van der Waals surface area (Å²) < 4.78 is 13.7. The smallest absolute Gasteiger partial charge is 0.329 e. The molecule has 1 aromatic carbocycles. The van der Waals surface area contributed by atoms with Gasteiger partial charge in [0.05, 0.1) is 30.1 Å². The quantitative estimate of drug-likeness (QED) is 0.255. The highest BCUT2D eigenvalue weighted by atomic mass is 28.4. The Kier molecular flexibility index (Phi) is 8.73. The van der Waals surface area contributed by atoms with Gasteiger partial charge in [0.15, 0.2) is 8.32 Å². The molecule has 3 heterocycles. The van der Waals surface area contributed by atoms with Gasteiger partial charge in [0, 0.05) is 49.2 Å². The molecule has 0 saturated carbocycles. The minimum Gasteiger partial charge on any atom is -0.416 e. The third kappa shape index (κ3) is 6.37. The van der Waals surface area contributed by atoms with Crippen molar-refractivity contribution in [2.45, 2.75) is 64.7 Å². The molecule has 1 N–H and O–H groups in total. The van der Waals surface area contributed by atoms with Gasteiger partial charge < -0.3 is 24.1 Å². The van der Waals surface area contributed by atoms with E-state index in [4.69, 9.17) is 14.1 Å². The fourth-order valence-electron chi connectivity index (χ4n) is 4.75. The summed E-state index contributed by atoms with van der Waals surface area (Å²) in [6, 6.07) is 10.0. The van der Waals surface area contributed by atoms with Crippen LogP contribution in [-0.2, 0) is 25.9 Å². The molecule has 0 bridgehead atoms. The van der Waals surface area contributed by atoms with Gasteiger partial charge in [-0.15, -0.1) is 0 Å². The Morgan fingerprint density at radius 2 is 2.05 bits per heavy atom. The molecule has 1 unspecified atom stereocenters. The first-order valence-electron chi connectivity index (χ1n) is 13.7. The topological polar surface area (TPSA) is 118 Å². The predicted octanol–water partition coefficient (Wildman–Crippen LogP) is 4.82. The number of hydrogen-bond donors (Lipinski definition) is 1. The van der Waals surface area contributed by atoms with Gasteiger partial charge in [-0.1, -0.05) is 27.7 Å². The molecular formula is C29H39BN7O3Si. The third-order valence-corrected chi connectivity index (χ3v) is 12.6. The largest absolute Gasteiger partial charge is 0.416 e. The van der Waals surface area contributed by atoms with E-state index in [1.165, 1.54) is 7.41 Å². The van der Waals surface area contributed by atoms with Crippen molar-refractivity contribution in [1.29, 1.82) is 5.26 Å². The van der Waals surface area contributed by atoms with E-state index in [1.54, 1.807) is 13.3 Å². The van der Waals surface area contributed by atoms with Crippen LogP contribution in [0.1, 0.15) is 44.5 Å². The lowest BCUT2D eigenvalue weighted by Crippen LogP contribution is -2.46. The van der Waals surface area contributed by atoms with Crippen LogP contribution in [0, 0.1) is 18.3 Å². The number of rotatable bonds is 11. The summed E-state index contributed by atoms with van der Waals surface area (Å²) in [6.45, 7) is 17.3. The Morgan fingerprint density at radius 3 is 2.71 bits per heavy atom. The van der Waals surface area contributed by atoms with Crippen LogP contribution >= 0.6 is 0 Å². The number of aryl methyl sites for hydroxylation is 1. The number of anilines is 3. The van der Waals surface area contributed by atoms with E-state index in [0.29, 0.717) is 43.5 Å². The van der Waals surface area contributed by atoms with Crippen LogP contribution in [0.25, 0.3) is 11.3 Å². The Balaban J connectivity index is 1.72. The molecule has 1 aliphatic heterocycles. The van der Waals surface area contributed by atoms with Gasteiger partial charge in [0.2, 0.25) is 5.95 Å². The zero-order valence-electron chi connectivity index (χ0n) is 25.3. The first-order valence-corrected chi connectivity index (χ1v) is 16.6. The van der Waals surface area contributed by atoms with Crippen LogP contribution in [0.4, 0.5) is 17.5 Å². The van der Waals surface area contributed by atoms with Gasteiger partial charge >= 0.3 is 7.41 Å². The predicted molar refractivity (Wildman–Crippen MR) is 165 cm³/mol. The van der Waals surface area contributed by atoms with E-state index in [1.807, 2.05) is 34.6 Å². The van der Waals surface area contributed by atoms with E-state index in [9.17, 15) is 10.1 Å². The van der Waals surface area contributed by atoms with Crippen LogP contribution in [0.5, 0.6) is 0 Å². The average molecular weight is 573 g/mol. The lowest BCUT2D eigenvalue weighted by atomic mass is 9.83. The first kappa shape index (κ1) is 30.4. The minimum atomic E-state index is -2.04. The van der Waals surface area contributed by atoms with Gasteiger partial charge in [0.1, 0.15) is 18.1 Å². The van der Waals surface area contributed by atoms with E-state index in [-0.39, 0.29) is 5.04 Å². The zero-order valence-corrected chi connectivity index (χ0v) is 26.3. The van der Waals surface area contributed by atoms with Crippen LogP contribution in [0.2, 0.25) is 18.1 Å². The number of nitrogens with one attached hydrogen (secondary N) is 1. The molecule has 41 heavy (non-hydrogen) atoms. The number of aromatic nitrogens is 4. The first-order chi connectivity index (χ1) is 19.3. The molecule has 1 radical (unpaired) electrons. The minimum absolute atomic E-state index is 0.0565. The number of ether oxygens (including phenoxy) is 1. The van der Waals surface area contributed by atoms with Crippen LogP contribution < -0.4 is 10.1 Å². The summed E-state index contributed by atoms with van der Waals surface area (Å²) in [6.07, 6.45) is 2.46. The third-order valence-electron chi connectivity index (χ3n) is 8.09. The van der Waals surface area contributed by atoms with Gasteiger partial charge in [-0.3, -0.25) is 0 Å². The number of carbonyl (C=O) groups is 1. The van der Waals surface area contributed by atoms with Gasteiger partial charge in [-0.05, 0) is 48.8 Å². The maximum absolute atomic E-state index is 11.5. The van der Waals surface area contributed by atoms with Crippen molar-refractivity contribution in [2.75, 3.05) is 37.0 Å². The number of fused-ring (bicyclic) bond motifs is 1. The number of carbonyl (C=O) groups excluding carboxylic acids is 1. The lowest BCUT2D eigenvalue weighted by Gasteiger charge is -2.39. The van der Waals surface area contributed by atoms with E-state index >= 15 is 0 Å². The number of hydrogen-bond acceptors (Lipinski definition) is 9. The van der Waals surface area contributed by atoms with Crippen molar-refractivity contribution in [3.63, 3.8) is 0 Å². The van der Waals surface area contributed by atoms with Crippen LogP contribution in [-0.4, -0.2) is 68.5 Å². The molecule has 2 aromatic heterocycles. The molecule has 4 rings (SSSR count). The average Bonchev–Trinajstić information content (AvgIpc) is 3.41. The van der Waals surface area contributed by atoms with Crippen molar-refractivity contribution < 1.29 is 14.0 Å². The second-order valence-electron chi connectivity index (χ2n) is 12.3. The van der Waals surface area contributed by atoms with Crippen molar-refractivity contribution in [3.8, 4) is 17.3 Å². The maximum atomic E-state index is 11.5. The van der Waals surface area contributed by atoms with Crippen molar-refractivity contribution >= 4 is 39.4 Å². The summed E-state index contributed by atoms with van der Waals surface area (Å²) >= 11 is 0. The fourth-order valence-corrected chi connectivity index (χ4v) is 5.86. The van der Waals surface area contributed by atoms with Crippen molar-refractivity contribution in [2.24, 2.45) is 0 Å². The second kappa shape index (κ2) is 11.8. The maximum Gasteiger partial charge on any atom is 0.329 e. The summed E-state index contributed by atoms with van der Waals surface area (Å²) in [5, 5.41) is 18.0. The molecule has 215 valence electrons. The SMILES string of the molecule is COCCn1nc(C)cc1Nc1nccc(-c2cc(C#N)c3c(c2)C(C)(CO[Si](C)(C)C(C)(C)C)CN3[B]C=O)n1. The van der Waals surface area contributed by atoms with Crippen molar-refractivity contribution in [1.82, 2.24) is 19.7 Å². The van der Waals surface area contributed by atoms with Gasteiger partial charge in [0.25, 0.3) is 0 Å². The molecule has 0 amide bonds. The molecule has 1 atom stereocenters. The highest BCUT2D eigenvalue weighted by molar-refractivity contribution is 6.74. The summed E-state index contributed by atoms with van der Waals surface area (Å²) in [5.41, 5.74) is 4.08. The Morgan fingerprint density at radius 1 is 1.29 bits per heavy atom. The van der Waals surface area contributed by atoms with E-state index < -0.39 is 13.7 Å². The Labute approximate surface area is 244 Å². The number of nitriles is 1. The van der Waals surface area contributed by atoms with Crippen molar-refractivity contribution in [3.05, 3.63) is 47.3 Å². The highest BCUT2D eigenvalue weighted by Crippen LogP contribution is 2.46. The number of benzene rings is 1. The number of methoxy groups -OCH3 is 1. The molecule has 0 saturated heterocycles. The highest BCUT2D eigenvalue weighted by Gasteiger charge is 2.44. The molecule has 12 heteroatoms. The van der Waals surface area contributed by atoms with Gasteiger partial charge in [-0.25, -0.2) is 14.6 Å². The summed E-state index contributed by atoms with van der Waals surface area (Å²) in [7, 11) is 1.11. The van der Waals surface area contributed by atoms with E-state index in [0.717, 1.165) is 34.5 Å². The zero-order chi connectivity index (χ0) is 30.0. The lowest BCUT2D eigenvalue weighted by molar-refractivity contribution is 0.184. The monoisotopic (exact) mass is 572 g/mol. The normalized spacial score (nSPS) is 16.8. The summed E-state index contributed by atoms with van der Waals surface area (Å²) in [4.78, 5) is 22.6. The Bertz CT molecular complexity index is 1460. The number of nitrogens with zero attached hydrogens (tertiary/aromatic N) is 6. The molecule has 0 fully saturated rings. The standard InChI is InChI=1S/C29H39BN7O3Si/c1-20-13-25(37(35-20)11-12-39-6)34-27-32-10-9-24(33-27)21-14-22(16-31)26-23(15-21)29(5,17-36(26)30-19-38)18-40-41(7,8)28(2,3)4/h9-10,13-15,19H,11-12,17-18H2,1-8H3,(H,32,33,34). The van der Waals surface area contributed by atoms with E-state index in [2.05, 4.69) is 68.3 Å². The molecular weight excluding hydrogens is 533 g/mol. The molecule has 3 aromatic rings. The second-order valence-corrected chi connectivity index (χ2v) is 17.1. The molecule has 1 aliphatic rings.